The number of fused-ring (bicyclic) bond motifs is 1. The molecule has 0 atom stereocenters. The summed E-state index contributed by atoms with van der Waals surface area (Å²) in [6.07, 6.45) is 12.0. The summed E-state index contributed by atoms with van der Waals surface area (Å²) in [7, 11) is 0. The minimum atomic E-state index is 0.494. The van der Waals surface area contributed by atoms with Crippen molar-refractivity contribution in [3.63, 3.8) is 0 Å². The van der Waals surface area contributed by atoms with Crippen LogP contribution in [0.15, 0.2) is 83.8 Å². The Bertz CT molecular complexity index is 1330. The van der Waals surface area contributed by atoms with Crippen molar-refractivity contribution >= 4 is 28.6 Å². The van der Waals surface area contributed by atoms with Gasteiger partial charge in [0.15, 0.2) is 0 Å². The molecule has 2 aromatic heterocycles. The van der Waals surface area contributed by atoms with Crippen molar-refractivity contribution in [1.29, 1.82) is 0 Å². The maximum atomic E-state index is 5.98. The van der Waals surface area contributed by atoms with Crippen LogP contribution in [0.2, 0.25) is 0 Å². The summed E-state index contributed by atoms with van der Waals surface area (Å²) >= 11 is 0. The molecular weight excluding hydrogens is 406 g/mol. The van der Waals surface area contributed by atoms with E-state index in [1.807, 2.05) is 77.1 Å². The third-order valence-corrected chi connectivity index (χ3v) is 5.16. The topological polar surface area (TPSA) is 43.9 Å². The van der Waals surface area contributed by atoms with E-state index >= 15 is 0 Å². The largest absolute Gasteiger partial charge is 0.416 e. The molecule has 0 saturated carbocycles. The summed E-state index contributed by atoms with van der Waals surface area (Å²) < 4.78 is 8.22. The van der Waals surface area contributed by atoms with Gasteiger partial charge in [-0.1, -0.05) is 75.1 Å². The van der Waals surface area contributed by atoms with Gasteiger partial charge in [0.05, 0.1) is 11.2 Å². The minimum absolute atomic E-state index is 0.494. The molecule has 4 nitrogen and oxygen atoms in total. The molecule has 0 radical (unpaired) electrons. The highest BCUT2D eigenvalue weighted by atomic mass is 16.4. The number of para-hydroxylation sites is 1. The molecule has 4 rings (SSSR count). The van der Waals surface area contributed by atoms with E-state index in [2.05, 4.69) is 63.8 Å². The maximum Gasteiger partial charge on any atom is 0.248 e. The first kappa shape index (κ1) is 23.7. The molecule has 0 saturated heterocycles. The second kappa shape index (κ2) is 11.1. The molecule has 0 aliphatic heterocycles. The molecule has 2 aromatic carbocycles. The van der Waals surface area contributed by atoms with E-state index in [1.165, 1.54) is 5.39 Å². The second-order valence-corrected chi connectivity index (χ2v) is 7.06. The van der Waals surface area contributed by atoms with Crippen LogP contribution in [-0.4, -0.2) is 14.8 Å². The lowest BCUT2D eigenvalue weighted by Crippen LogP contribution is -1.97. The van der Waals surface area contributed by atoms with Gasteiger partial charge in [0.2, 0.25) is 11.8 Å². The van der Waals surface area contributed by atoms with Gasteiger partial charge in [-0.15, -0.1) is 10.2 Å². The van der Waals surface area contributed by atoms with E-state index in [0.717, 1.165) is 33.6 Å². The lowest BCUT2D eigenvalue weighted by Gasteiger charge is -2.10. The van der Waals surface area contributed by atoms with Gasteiger partial charge in [-0.05, 0) is 51.1 Å². The van der Waals surface area contributed by atoms with Crippen molar-refractivity contribution in [3.05, 3.63) is 96.6 Å². The molecule has 4 heteroatoms. The lowest BCUT2D eigenvalue weighted by molar-refractivity contribution is 0.554. The summed E-state index contributed by atoms with van der Waals surface area (Å²) in [6.45, 7) is 14.0. The average Bonchev–Trinajstić information content (AvgIpc) is 3.47. The molecule has 0 unspecified atom stereocenters. The third kappa shape index (κ3) is 4.65. The lowest BCUT2D eigenvalue weighted by atomic mass is 10.1. The van der Waals surface area contributed by atoms with E-state index in [-0.39, 0.29) is 0 Å². The fourth-order valence-corrected chi connectivity index (χ4v) is 3.80. The van der Waals surface area contributed by atoms with E-state index in [0.29, 0.717) is 11.8 Å². The van der Waals surface area contributed by atoms with Crippen LogP contribution in [0, 0.1) is 0 Å². The van der Waals surface area contributed by atoms with Crippen molar-refractivity contribution < 1.29 is 4.42 Å². The summed E-state index contributed by atoms with van der Waals surface area (Å²) in [5.41, 5.74) is 6.12. The van der Waals surface area contributed by atoms with Crippen molar-refractivity contribution in [2.45, 2.75) is 34.6 Å². The zero-order valence-electron chi connectivity index (χ0n) is 20.0. The van der Waals surface area contributed by atoms with E-state index in [9.17, 15) is 0 Å². The fraction of sp³-hybridized carbons (Fsp3) is 0.172. The molecule has 33 heavy (non-hydrogen) atoms. The summed E-state index contributed by atoms with van der Waals surface area (Å²) in [5, 5.41) is 9.68. The average molecular weight is 438 g/mol. The van der Waals surface area contributed by atoms with Crippen LogP contribution >= 0.6 is 0 Å². The van der Waals surface area contributed by atoms with Crippen LogP contribution in [0.25, 0.3) is 45.8 Å². The van der Waals surface area contributed by atoms with Crippen molar-refractivity contribution in [2.24, 2.45) is 0 Å². The van der Waals surface area contributed by atoms with Gasteiger partial charge < -0.3 is 8.98 Å². The van der Waals surface area contributed by atoms with Gasteiger partial charge in [-0.3, -0.25) is 0 Å². The van der Waals surface area contributed by atoms with E-state index < -0.39 is 0 Å². The van der Waals surface area contributed by atoms with Crippen LogP contribution in [-0.2, 0) is 0 Å². The van der Waals surface area contributed by atoms with Crippen molar-refractivity contribution in [3.8, 4) is 17.1 Å². The van der Waals surface area contributed by atoms with Crippen LogP contribution in [0.4, 0.5) is 0 Å². The van der Waals surface area contributed by atoms with Crippen molar-refractivity contribution in [1.82, 2.24) is 14.8 Å². The van der Waals surface area contributed by atoms with Gasteiger partial charge in [-0.2, -0.15) is 0 Å². The molecule has 0 aliphatic rings. The van der Waals surface area contributed by atoms with Crippen molar-refractivity contribution in [2.75, 3.05) is 0 Å². The Morgan fingerprint density at radius 1 is 0.970 bits per heavy atom. The number of benzene rings is 2. The Balaban J connectivity index is 0.00000149. The Hall–Kier alpha value is -3.92. The van der Waals surface area contributed by atoms with Gasteiger partial charge in [0.1, 0.15) is 0 Å². The monoisotopic (exact) mass is 437 g/mol. The normalized spacial score (nSPS) is 11.8. The molecule has 0 spiro atoms. The predicted octanol–water partition coefficient (Wildman–Crippen LogP) is 8.36. The summed E-state index contributed by atoms with van der Waals surface area (Å²) in [5.74, 6) is 1.00. The van der Waals surface area contributed by atoms with E-state index in [4.69, 9.17) is 4.42 Å². The standard InChI is InChI=1S/C27H25N3O.C2H6/c1-5-12-19(7-3)26-28-29-27(31-26)20-14-11-15-21(18-20)30-24(13-6-2)22(8-4)23-16-9-10-17-25(23)30;1-2/h5-18H,4H2,1-3H3;1-2H3/b12-5-,13-6-,19-7+;. The summed E-state index contributed by atoms with van der Waals surface area (Å²) in [4.78, 5) is 0. The SMILES string of the molecule is C=Cc1c(/C=C\C)n(-c2cccc(-c3nnc(C(/C=C\C)=C/C)o3)c2)c2ccccc12.CC. The number of aromatic nitrogens is 3. The molecule has 2 heterocycles. The molecule has 0 aliphatic carbocycles. The Kier molecular flexibility index (Phi) is 7.98. The van der Waals surface area contributed by atoms with Gasteiger partial charge in [-0.25, -0.2) is 0 Å². The maximum absolute atomic E-state index is 5.98. The predicted molar refractivity (Wildman–Crippen MR) is 141 cm³/mol. The van der Waals surface area contributed by atoms with Crippen LogP contribution in [0.1, 0.15) is 51.8 Å². The first-order chi connectivity index (χ1) is 16.2. The van der Waals surface area contributed by atoms with Gasteiger partial charge in [0, 0.05) is 27.8 Å². The van der Waals surface area contributed by atoms with Gasteiger partial charge in [0.25, 0.3) is 0 Å². The second-order valence-electron chi connectivity index (χ2n) is 7.06. The number of nitrogens with zero attached hydrogens (tertiary/aromatic N) is 3. The Morgan fingerprint density at radius 2 is 1.76 bits per heavy atom. The summed E-state index contributed by atoms with van der Waals surface area (Å²) in [6, 6.07) is 16.5. The number of rotatable bonds is 6. The smallest absolute Gasteiger partial charge is 0.248 e. The molecule has 0 bridgehead atoms. The molecule has 4 aromatic rings. The quantitative estimate of drug-likeness (QED) is 0.285. The highest BCUT2D eigenvalue weighted by Crippen LogP contribution is 2.33. The Morgan fingerprint density at radius 3 is 2.45 bits per heavy atom. The third-order valence-electron chi connectivity index (χ3n) is 5.16. The molecule has 0 fully saturated rings. The number of allylic oxidation sites excluding steroid dienone is 5. The fourth-order valence-electron chi connectivity index (χ4n) is 3.80. The van der Waals surface area contributed by atoms with Gasteiger partial charge >= 0.3 is 0 Å². The molecule has 0 amide bonds. The van der Waals surface area contributed by atoms with E-state index in [1.54, 1.807) is 0 Å². The molecular formula is C29H31N3O. The highest BCUT2D eigenvalue weighted by Gasteiger charge is 2.16. The van der Waals surface area contributed by atoms with Crippen LogP contribution < -0.4 is 0 Å². The number of hydrogen-bond acceptors (Lipinski definition) is 3. The first-order valence-electron chi connectivity index (χ1n) is 11.3. The van der Waals surface area contributed by atoms with Crippen LogP contribution in [0.3, 0.4) is 0 Å². The zero-order chi connectivity index (χ0) is 23.8. The minimum Gasteiger partial charge on any atom is -0.416 e. The van der Waals surface area contributed by atoms with Crippen LogP contribution in [0.5, 0.6) is 0 Å². The number of hydrogen-bond donors (Lipinski definition) is 0. The molecule has 168 valence electrons. The zero-order valence-corrected chi connectivity index (χ0v) is 20.0. The first-order valence-corrected chi connectivity index (χ1v) is 11.3. The molecule has 0 N–H and O–H groups in total. The Labute approximate surface area is 196 Å². The highest BCUT2D eigenvalue weighted by molar-refractivity contribution is 5.95.